The molecule has 0 saturated heterocycles. The Balaban J connectivity index is 3.12. The first-order valence-corrected chi connectivity index (χ1v) is 9.41. The highest BCUT2D eigenvalue weighted by atomic mass is 16.5. The molecule has 0 atom stereocenters. The first-order valence-electron chi connectivity index (χ1n) is 9.41. The second-order valence-corrected chi connectivity index (χ2v) is 6.05. The van der Waals surface area contributed by atoms with E-state index in [9.17, 15) is 4.79 Å². The number of rotatable bonds is 16. The molecule has 0 spiro atoms. The predicted octanol–water partition coefficient (Wildman–Crippen LogP) is 6.40. The van der Waals surface area contributed by atoms with E-state index in [-0.39, 0.29) is 12.6 Å². The summed E-state index contributed by atoms with van der Waals surface area (Å²) in [7, 11) is 0. The number of hydrogen-bond acceptors (Lipinski definition) is 2. The third-order valence-electron chi connectivity index (χ3n) is 3.91. The Morgan fingerprint density at radius 1 is 0.818 bits per heavy atom. The zero-order valence-corrected chi connectivity index (χ0v) is 14.8. The number of carbonyl (C=O) groups is 1. The van der Waals surface area contributed by atoms with Crippen molar-refractivity contribution in [1.29, 1.82) is 0 Å². The normalized spacial score (nSPS) is 11.2. The van der Waals surface area contributed by atoms with Crippen molar-refractivity contribution in [3.05, 3.63) is 19.1 Å². The van der Waals surface area contributed by atoms with Crippen LogP contribution < -0.4 is 0 Å². The molecule has 0 heterocycles. The molecule has 0 aliphatic carbocycles. The minimum atomic E-state index is -0.104. The van der Waals surface area contributed by atoms with E-state index in [1.807, 2.05) is 0 Å². The molecular formula is C20H37O2. The maximum absolute atomic E-state index is 11.1. The molecule has 0 saturated carbocycles. The zero-order valence-electron chi connectivity index (χ0n) is 14.8. The van der Waals surface area contributed by atoms with Gasteiger partial charge in [0.2, 0.25) is 0 Å². The third-order valence-corrected chi connectivity index (χ3v) is 3.91. The summed E-state index contributed by atoms with van der Waals surface area (Å²) >= 11 is 0. The van der Waals surface area contributed by atoms with Gasteiger partial charge in [-0.15, -0.1) is 0 Å². The van der Waals surface area contributed by atoms with Gasteiger partial charge >= 0.3 is 5.97 Å². The Morgan fingerprint density at radius 3 is 1.86 bits per heavy atom. The van der Waals surface area contributed by atoms with Crippen LogP contribution in [0.1, 0.15) is 96.8 Å². The fourth-order valence-corrected chi connectivity index (χ4v) is 2.53. The quantitative estimate of drug-likeness (QED) is 0.187. The molecule has 0 N–H and O–H groups in total. The molecule has 129 valence electrons. The number of esters is 1. The monoisotopic (exact) mass is 309 g/mol. The summed E-state index contributed by atoms with van der Waals surface area (Å²) in [5.41, 5.74) is 0. The van der Waals surface area contributed by atoms with Crippen LogP contribution >= 0.6 is 0 Å². The molecule has 0 rings (SSSR count). The topological polar surface area (TPSA) is 26.3 Å². The number of carbonyl (C=O) groups excluding carboxylic acids is 1. The van der Waals surface area contributed by atoms with Gasteiger partial charge < -0.3 is 4.74 Å². The number of unbranched alkanes of at least 4 members (excludes halogenated alkanes) is 11. The van der Waals surface area contributed by atoms with Crippen molar-refractivity contribution in [3.63, 3.8) is 0 Å². The smallest absolute Gasteiger partial charge is 0.305 e. The molecule has 1 radical (unpaired) electrons. The molecule has 0 aromatic carbocycles. The van der Waals surface area contributed by atoms with Crippen molar-refractivity contribution < 1.29 is 9.53 Å². The van der Waals surface area contributed by atoms with Crippen molar-refractivity contribution in [3.8, 4) is 0 Å². The Labute approximate surface area is 138 Å². The average Bonchev–Trinajstić information content (AvgIpc) is 2.51. The minimum Gasteiger partial charge on any atom is -0.466 e. The van der Waals surface area contributed by atoms with E-state index in [1.165, 1.54) is 70.6 Å². The Kier molecular flexibility index (Phi) is 17.6. The largest absolute Gasteiger partial charge is 0.466 e. The second-order valence-electron chi connectivity index (χ2n) is 6.05. The molecule has 0 fully saturated rings. The highest BCUT2D eigenvalue weighted by Crippen LogP contribution is 2.10. The lowest BCUT2D eigenvalue weighted by molar-refractivity contribution is -0.142. The second kappa shape index (κ2) is 18.3. The van der Waals surface area contributed by atoms with Crippen molar-refractivity contribution >= 4 is 5.97 Å². The van der Waals surface area contributed by atoms with Crippen LogP contribution in [-0.2, 0) is 9.53 Å². The highest BCUT2D eigenvalue weighted by molar-refractivity contribution is 5.69. The lowest BCUT2D eigenvalue weighted by Crippen LogP contribution is -2.03. The van der Waals surface area contributed by atoms with Crippen molar-refractivity contribution in [2.75, 3.05) is 6.61 Å². The fourth-order valence-electron chi connectivity index (χ4n) is 2.53. The van der Waals surface area contributed by atoms with E-state index in [0.717, 1.165) is 12.8 Å². The third kappa shape index (κ3) is 17.3. The molecule has 0 unspecified atom stereocenters. The van der Waals surface area contributed by atoms with E-state index in [2.05, 4.69) is 26.0 Å². The zero-order chi connectivity index (χ0) is 16.3. The van der Waals surface area contributed by atoms with Gasteiger partial charge in [-0.1, -0.05) is 70.4 Å². The van der Waals surface area contributed by atoms with E-state index in [0.29, 0.717) is 6.42 Å². The van der Waals surface area contributed by atoms with Crippen LogP contribution in [0.15, 0.2) is 12.2 Å². The number of ether oxygens (including phenoxy) is 1. The van der Waals surface area contributed by atoms with Gasteiger partial charge in [0.1, 0.15) is 0 Å². The summed E-state index contributed by atoms with van der Waals surface area (Å²) in [5, 5.41) is 0. The van der Waals surface area contributed by atoms with Crippen molar-refractivity contribution in [1.82, 2.24) is 0 Å². The van der Waals surface area contributed by atoms with Gasteiger partial charge in [-0.05, 0) is 39.0 Å². The summed E-state index contributed by atoms with van der Waals surface area (Å²) in [4.78, 5) is 11.1. The van der Waals surface area contributed by atoms with Crippen LogP contribution in [0.4, 0.5) is 0 Å². The lowest BCUT2D eigenvalue weighted by Gasteiger charge is -2.01. The van der Waals surface area contributed by atoms with Crippen LogP contribution in [0, 0.1) is 6.92 Å². The maximum Gasteiger partial charge on any atom is 0.305 e. The summed E-state index contributed by atoms with van der Waals surface area (Å²) in [6, 6.07) is 0. The van der Waals surface area contributed by atoms with Gasteiger partial charge in [0.25, 0.3) is 0 Å². The van der Waals surface area contributed by atoms with E-state index < -0.39 is 0 Å². The molecule has 0 aromatic rings. The maximum atomic E-state index is 11.1. The van der Waals surface area contributed by atoms with Gasteiger partial charge in [-0.3, -0.25) is 4.79 Å². The first-order chi connectivity index (χ1) is 10.8. The SMILES string of the molecule is [CH2]COC(=O)CCCCCCC/C=C\CCCCCCCC. The number of hydrogen-bond donors (Lipinski definition) is 0. The van der Waals surface area contributed by atoms with Gasteiger partial charge in [0.05, 0.1) is 6.61 Å². The van der Waals surface area contributed by atoms with Crippen molar-refractivity contribution in [2.45, 2.75) is 96.8 Å². The van der Waals surface area contributed by atoms with E-state index in [4.69, 9.17) is 4.74 Å². The minimum absolute atomic E-state index is 0.104. The van der Waals surface area contributed by atoms with Gasteiger partial charge in [-0.2, -0.15) is 0 Å². The van der Waals surface area contributed by atoms with Gasteiger partial charge in [-0.25, -0.2) is 0 Å². The molecule has 0 aliphatic rings. The van der Waals surface area contributed by atoms with Gasteiger partial charge in [0, 0.05) is 6.42 Å². The van der Waals surface area contributed by atoms with Crippen LogP contribution in [0.3, 0.4) is 0 Å². The highest BCUT2D eigenvalue weighted by Gasteiger charge is 2.00. The summed E-state index contributed by atoms with van der Waals surface area (Å²) in [5.74, 6) is -0.104. The van der Waals surface area contributed by atoms with Gasteiger partial charge in [0.15, 0.2) is 0 Å². The molecule has 22 heavy (non-hydrogen) atoms. The summed E-state index contributed by atoms with van der Waals surface area (Å²) in [6.07, 6.45) is 21.8. The van der Waals surface area contributed by atoms with Crippen molar-refractivity contribution in [2.24, 2.45) is 0 Å². The fraction of sp³-hybridized carbons (Fsp3) is 0.800. The van der Waals surface area contributed by atoms with Crippen LogP contribution in [0.25, 0.3) is 0 Å². The van der Waals surface area contributed by atoms with E-state index >= 15 is 0 Å². The average molecular weight is 310 g/mol. The number of allylic oxidation sites excluding steroid dienone is 2. The van der Waals surface area contributed by atoms with E-state index in [1.54, 1.807) is 0 Å². The molecule has 0 bridgehead atoms. The van der Waals surface area contributed by atoms with Crippen LogP contribution in [0.2, 0.25) is 0 Å². The molecule has 0 aromatic heterocycles. The molecule has 2 heteroatoms. The first kappa shape index (κ1) is 21.2. The molecule has 0 amide bonds. The summed E-state index contributed by atoms with van der Waals surface area (Å²) < 4.78 is 4.80. The molecule has 2 nitrogen and oxygen atoms in total. The Bertz CT molecular complexity index is 258. The molecular weight excluding hydrogens is 272 g/mol. The Morgan fingerprint density at radius 2 is 1.32 bits per heavy atom. The molecule has 0 aliphatic heterocycles. The van der Waals surface area contributed by atoms with Crippen LogP contribution in [0.5, 0.6) is 0 Å². The standard InChI is InChI=1S/C20H37O2/c1-3-5-6-7-8-9-10-11-12-13-14-15-16-17-18-19-20(21)22-4-2/h11-12H,2-10,13-19H2,1H3/b12-11-. The lowest BCUT2D eigenvalue weighted by atomic mass is 10.1. The Hall–Kier alpha value is -0.790. The summed E-state index contributed by atoms with van der Waals surface area (Å²) in [6.45, 7) is 6.02. The van der Waals surface area contributed by atoms with Crippen LogP contribution in [-0.4, -0.2) is 12.6 Å². The predicted molar refractivity (Wildman–Crippen MR) is 95.8 cm³/mol.